The van der Waals surface area contributed by atoms with Crippen LogP contribution in [0.4, 0.5) is 0 Å². The van der Waals surface area contributed by atoms with Crippen molar-refractivity contribution in [1.29, 1.82) is 0 Å². The maximum atomic E-state index is 6.20. The van der Waals surface area contributed by atoms with Gasteiger partial charge in [-0.3, -0.25) is 0 Å². The first-order valence-electron chi connectivity index (χ1n) is 6.58. The van der Waals surface area contributed by atoms with Crippen molar-refractivity contribution < 1.29 is 9.47 Å². The number of hydrogen-bond acceptors (Lipinski definition) is 3. The fraction of sp³-hybridized carbons (Fsp3) is 0.600. The lowest BCUT2D eigenvalue weighted by Gasteiger charge is -2.22. The summed E-state index contributed by atoms with van der Waals surface area (Å²) in [6.07, 6.45) is -0.0535. The predicted octanol–water partition coefficient (Wildman–Crippen LogP) is 3.43. The summed E-state index contributed by atoms with van der Waals surface area (Å²) in [5, 5.41) is 3.86. The molecule has 1 aromatic carbocycles. The van der Waals surface area contributed by atoms with E-state index in [1.165, 1.54) is 0 Å². The minimum Gasteiger partial charge on any atom is -0.373 e. The Hall–Kier alpha value is -0.610. The predicted molar refractivity (Wildman–Crippen MR) is 79.8 cm³/mol. The Morgan fingerprint density at radius 2 is 1.89 bits per heavy atom. The molecule has 0 aliphatic carbocycles. The molecule has 0 aromatic heterocycles. The van der Waals surface area contributed by atoms with E-state index in [0.29, 0.717) is 13.2 Å². The fourth-order valence-electron chi connectivity index (χ4n) is 1.72. The Labute approximate surface area is 121 Å². The lowest BCUT2D eigenvalue weighted by molar-refractivity contribution is -0.0516. The van der Waals surface area contributed by atoms with Gasteiger partial charge in [0.15, 0.2) is 0 Å². The van der Waals surface area contributed by atoms with Crippen molar-refractivity contribution in [3.8, 4) is 0 Å². The molecule has 0 saturated carbocycles. The molecule has 1 unspecified atom stereocenters. The van der Waals surface area contributed by atoms with Crippen LogP contribution in [-0.4, -0.2) is 32.4 Å². The summed E-state index contributed by atoms with van der Waals surface area (Å²) in [6.45, 7) is 7.95. The molecule has 1 aromatic rings. The average Bonchev–Trinajstić information content (AvgIpc) is 2.33. The molecule has 0 bridgehead atoms. The van der Waals surface area contributed by atoms with Gasteiger partial charge in [-0.15, -0.1) is 0 Å². The zero-order valence-electron chi connectivity index (χ0n) is 12.2. The van der Waals surface area contributed by atoms with Crippen molar-refractivity contribution in [2.75, 3.05) is 26.8 Å². The van der Waals surface area contributed by atoms with E-state index in [-0.39, 0.29) is 11.7 Å². The van der Waals surface area contributed by atoms with Gasteiger partial charge in [-0.1, -0.05) is 29.8 Å². The molecule has 0 fully saturated rings. The van der Waals surface area contributed by atoms with Gasteiger partial charge in [0.25, 0.3) is 0 Å². The second-order valence-electron chi connectivity index (χ2n) is 5.40. The summed E-state index contributed by atoms with van der Waals surface area (Å²) in [7, 11) is 1.90. The standard InChI is InChI=1S/C15H24ClNO2/c1-15(2,3)19-10-9-18-14(11-17-4)12-7-5-6-8-13(12)16/h5-8,14,17H,9-11H2,1-4H3. The lowest BCUT2D eigenvalue weighted by Crippen LogP contribution is -2.25. The largest absolute Gasteiger partial charge is 0.373 e. The second kappa shape index (κ2) is 7.85. The molecule has 3 nitrogen and oxygen atoms in total. The summed E-state index contributed by atoms with van der Waals surface area (Å²) in [6, 6.07) is 7.77. The molecule has 0 amide bonds. The molecule has 1 atom stereocenters. The first-order valence-corrected chi connectivity index (χ1v) is 6.96. The van der Waals surface area contributed by atoms with Gasteiger partial charge in [0, 0.05) is 17.1 Å². The van der Waals surface area contributed by atoms with Crippen LogP contribution in [0.25, 0.3) is 0 Å². The number of ether oxygens (including phenoxy) is 2. The Kier molecular flexibility index (Phi) is 6.80. The van der Waals surface area contributed by atoms with Crippen LogP contribution in [0.15, 0.2) is 24.3 Å². The van der Waals surface area contributed by atoms with Crippen LogP contribution in [0.5, 0.6) is 0 Å². The molecule has 1 N–H and O–H groups in total. The van der Waals surface area contributed by atoms with Gasteiger partial charge in [0.2, 0.25) is 0 Å². The van der Waals surface area contributed by atoms with Crippen LogP contribution in [-0.2, 0) is 9.47 Å². The van der Waals surface area contributed by atoms with Crippen molar-refractivity contribution in [2.45, 2.75) is 32.5 Å². The van der Waals surface area contributed by atoms with E-state index < -0.39 is 0 Å². The van der Waals surface area contributed by atoms with Crippen LogP contribution < -0.4 is 5.32 Å². The van der Waals surface area contributed by atoms with Gasteiger partial charge >= 0.3 is 0 Å². The maximum Gasteiger partial charge on any atom is 0.0964 e. The molecule has 4 heteroatoms. The van der Waals surface area contributed by atoms with Crippen LogP contribution in [0.3, 0.4) is 0 Å². The zero-order chi connectivity index (χ0) is 14.3. The van der Waals surface area contributed by atoms with Crippen LogP contribution >= 0.6 is 11.6 Å². The fourth-order valence-corrected chi connectivity index (χ4v) is 1.98. The third-order valence-electron chi connectivity index (χ3n) is 2.58. The molecule has 0 aliphatic heterocycles. The minimum atomic E-state index is -0.133. The second-order valence-corrected chi connectivity index (χ2v) is 5.81. The number of benzene rings is 1. The SMILES string of the molecule is CNCC(OCCOC(C)(C)C)c1ccccc1Cl. The highest BCUT2D eigenvalue weighted by molar-refractivity contribution is 6.31. The Morgan fingerprint density at radius 3 is 2.47 bits per heavy atom. The quantitative estimate of drug-likeness (QED) is 0.779. The number of likely N-dealkylation sites (N-methyl/N-ethyl adjacent to an activating group) is 1. The first kappa shape index (κ1) is 16.4. The number of rotatable bonds is 7. The minimum absolute atomic E-state index is 0.0535. The highest BCUT2D eigenvalue weighted by Gasteiger charge is 2.15. The number of hydrogen-bond donors (Lipinski definition) is 1. The molecule has 0 heterocycles. The molecule has 19 heavy (non-hydrogen) atoms. The van der Waals surface area contributed by atoms with Crippen molar-refractivity contribution in [1.82, 2.24) is 5.32 Å². The summed E-state index contributed by atoms with van der Waals surface area (Å²) in [5.74, 6) is 0. The maximum absolute atomic E-state index is 6.20. The van der Waals surface area contributed by atoms with E-state index in [9.17, 15) is 0 Å². The van der Waals surface area contributed by atoms with E-state index in [1.54, 1.807) is 0 Å². The molecule has 1 rings (SSSR count). The first-order chi connectivity index (χ1) is 8.94. The molecule has 0 radical (unpaired) electrons. The summed E-state index contributed by atoms with van der Waals surface area (Å²) >= 11 is 6.20. The van der Waals surface area contributed by atoms with Crippen molar-refractivity contribution in [3.63, 3.8) is 0 Å². The highest BCUT2D eigenvalue weighted by atomic mass is 35.5. The summed E-state index contributed by atoms with van der Waals surface area (Å²) in [5.41, 5.74) is 0.876. The molecule has 0 saturated heterocycles. The Bertz CT molecular complexity index is 377. The zero-order valence-corrected chi connectivity index (χ0v) is 13.0. The molecule has 0 spiro atoms. The van der Waals surface area contributed by atoms with Crippen molar-refractivity contribution in [2.24, 2.45) is 0 Å². The van der Waals surface area contributed by atoms with Gasteiger partial charge in [-0.05, 0) is 33.9 Å². The Morgan fingerprint density at radius 1 is 1.21 bits per heavy atom. The van der Waals surface area contributed by atoms with E-state index in [2.05, 4.69) is 5.32 Å². The summed E-state index contributed by atoms with van der Waals surface area (Å²) in [4.78, 5) is 0. The van der Waals surface area contributed by atoms with E-state index in [1.807, 2.05) is 52.1 Å². The van der Waals surface area contributed by atoms with Gasteiger partial charge in [-0.2, -0.15) is 0 Å². The molecule has 0 aliphatic rings. The molecular weight excluding hydrogens is 262 g/mol. The third kappa shape index (κ3) is 6.39. The number of nitrogens with one attached hydrogen (secondary N) is 1. The third-order valence-corrected chi connectivity index (χ3v) is 2.92. The van der Waals surface area contributed by atoms with E-state index in [4.69, 9.17) is 21.1 Å². The average molecular weight is 286 g/mol. The monoisotopic (exact) mass is 285 g/mol. The van der Waals surface area contributed by atoms with Gasteiger partial charge < -0.3 is 14.8 Å². The van der Waals surface area contributed by atoms with Gasteiger partial charge in [0.05, 0.1) is 24.9 Å². The van der Waals surface area contributed by atoms with Crippen molar-refractivity contribution >= 4 is 11.6 Å². The van der Waals surface area contributed by atoms with Crippen LogP contribution in [0, 0.1) is 0 Å². The van der Waals surface area contributed by atoms with Gasteiger partial charge in [0.1, 0.15) is 0 Å². The van der Waals surface area contributed by atoms with Crippen molar-refractivity contribution in [3.05, 3.63) is 34.9 Å². The topological polar surface area (TPSA) is 30.5 Å². The molecular formula is C15H24ClNO2. The highest BCUT2D eigenvalue weighted by Crippen LogP contribution is 2.25. The van der Waals surface area contributed by atoms with E-state index in [0.717, 1.165) is 17.1 Å². The van der Waals surface area contributed by atoms with Crippen LogP contribution in [0.1, 0.15) is 32.4 Å². The van der Waals surface area contributed by atoms with E-state index >= 15 is 0 Å². The molecule has 108 valence electrons. The normalized spacial score (nSPS) is 13.5. The Balaban J connectivity index is 2.52. The lowest BCUT2D eigenvalue weighted by atomic mass is 10.1. The van der Waals surface area contributed by atoms with Gasteiger partial charge in [-0.25, -0.2) is 0 Å². The van der Waals surface area contributed by atoms with Crippen LogP contribution in [0.2, 0.25) is 5.02 Å². The smallest absolute Gasteiger partial charge is 0.0964 e. The number of halogens is 1. The summed E-state index contributed by atoms with van der Waals surface area (Å²) < 4.78 is 11.5.